The number of nitrogen functional groups attached to an aromatic ring is 1. The molecule has 1 aromatic rings. The summed E-state index contributed by atoms with van der Waals surface area (Å²) >= 11 is 5.85. The summed E-state index contributed by atoms with van der Waals surface area (Å²) in [5.41, 5.74) is 6.86. The number of hydrogen-bond acceptors (Lipinski definition) is 3. The third-order valence-corrected chi connectivity index (χ3v) is 3.49. The van der Waals surface area contributed by atoms with Gasteiger partial charge in [0.05, 0.1) is 10.7 Å². The molecule has 0 heterocycles. The van der Waals surface area contributed by atoms with Crippen LogP contribution in [0.1, 0.15) is 33.6 Å². The monoisotopic (exact) mass is 297 g/mol. The van der Waals surface area contributed by atoms with Crippen molar-refractivity contribution in [3.8, 4) is 0 Å². The number of carbonyl (C=O) groups is 1. The molecule has 0 fully saturated rings. The van der Waals surface area contributed by atoms with E-state index in [2.05, 4.69) is 31.0 Å². The number of halogens is 1. The molecule has 0 aliphatic heterocycles. The van der Waals surface area contributed by atoms with Crippen molar-refractivity contribution in [1.82, 2.24) is 4.90 Å². The summed E-state index contributed by atoms with van der Waals surface area (Å²) in [4.78, 5) is 14.2. The van der Waals surface area contributed by atoms with Crippen molar-refractivity contribution >= 4 is 28.9 Å². The predicted octanol–water partition coefficient (Wildman–Crippen LogP) is 3.37. The van der Waals surface area contributed by atoms with Crippen molar-refractivity contribution in [2.45, 2.75) is 39.7 Å². The van der Waals surface area contributed by atoms with Crippen LogP contribution in [-0.4, -0.2) is 29.9 Å². The van der Waals surface area contributed by atoms with Crippen molar-refractivity contribution in [2.24, 2.45) is 0 Å². The number of nitrogens with zero attached hydrogens (tertiary/aromatic N) is 1. The highest BCUT2D eigenvalue weighted by atomic mass is 35.5. The van der Waals surface area contributed by atoms with Gasteiger partial charge in [-0.25, -0.2) is 0 Å². The minimum Gasteiger partial charge on any atom is -0.397 e. The first kappa shape index (κ1) is 16.8. The van der Waals surface area contributed by atoms with Gasteiger partial charge in [0.15, 0.2) is 0 Å². The molecule has 0 atom stereocenters. The van der Waals surface area contributed by atoms with Gasteiger partial charge >= 0.3 is 0 Å². The molecule has 20 heavy (non-hydrogen) atoms. The third kappa shape index (κ3) is 5.39. The molecule has 0 unspecified atom stereocenters. The van der Waals surface area contributed by atoms with E-state index in [1.165, 1.54) is 0 Å². The van der Waals surface area contributed by atoms with E-state index >= 15 is 0 Å². The molecule has 0 aliphatic rings. The number of hydrogen-bond donors (Lipinski definition) is 2. The van der Waals surface area contributed by atoms with Gasteiger partial charge < -0.3 is 16.0 Å². The summed E-state index contributed by atoms with van der Waals surface area (Å²) < 4.78 is 0. The average molecular weight is 298 g/mol. The first-order chi connectivity index (χ1) is 9.43. The van der Waals surface area contributed by atoms with Crippen molar-refractivity contribution in [1.29, 1.82) is 0 Å². The van der Waals surface area contributed by atoms with E-state index in [1.807, 2.05) is 0 Å². The van der Waals surface area contributed by atoms with E-state index in [-0.39, 0.29) is 5.91 Å². The maximum absolute atomic E-state index is 11.9. The molecule has 4 nitrogen and oxygen atoms in total. The first-order valence-electron chi connectivity index (χ1n) is 7.03. The van der Waals surface area contributed by atoms with Crippen LogP contribution in [0.2, 0.25) is 5.02 Å². The number of amides is 1. The number of rotatable bonds is 7. The van der Waals surface area contributed by atoms with Crippen molar-refractivity contribution in [3.63, 3.8) is 0 Å². The highest BCUT2D eigenvalue weighted by molar-refractivity contribution is 6.33. The molecule has 0 saturated heterocycles. The smallest absolute Gasteiger partial charge is 0.225 e. The van der Waals surface area contributed by atoms with Gasteiger partial charge in [0.25, 0.3) is 0 Å². The Morgan fingerprint density at radius 2 is 2.10 bits per heavy atom. The van der Waals surface area contributed by atoms with Crippen LogP contribution < -0.4 is 11.1 Å². The molecule has 3 N–H and O–H groups in total. The molecule has 0 aliphatic carbocycles. The Morgan fingerprint density at radius 1 is 1.40 bits per heavy atom. The Bertz CT molecular complexity index is 449. The fourth-order valence-corrected chi connectivity index (χ4v) is 2.12. The first-order valence-corrected chi connectivity index (χ1v) is 7.40. The van der Waals surface area contributed by atoms with E-state index in [1.54, 1.807) is 18.2 Å². The Kier molecular flexibility index (Phi) is 6.82. The highest BCUT2D eigenvalue weighted by Crippen LogP contribution is 2.22. The Labute approximate surface area is 126 Å². The summed E-state index contributed by atoms with van der Waals surface area (Å²) in [6, 6.07) is 5.56. The molecule has 0 saturated carbocycles. The van der Waals surface area contributed by atoms with Gasteiger partial charge in [-0.3, -0.25) is 4.79 Å². The molecular formula is C15H24ClN3O. The molecular weight excluding hydrogens is 274 g/mol. The van der Waals surface area contributed by atoms with Crippen LogP contribution >= 0.6 is 11.6 Å². The molecule has 1 aromatic carbocycles. The van der Waals surface area contributed by atoms with Gasteiger partial charge in [0, 0.05) is 24.7 Å². The quantitative estimate of drug-likeness (QED) is 0.759. The minimum absolute atomic E-state index is 0.00604. The summed E-state index contributed by atoms with van der Waals surface area (Å²) in [7, 11) is 0. The van der Waals surface area contributed by atoms with Gasteiger partial charge in [-0.1, -0.05) is 18.5 Å². The van der Waals surface area contributed by atoms with Crippen molar-refractivity contribution in [3.05, 3.63) is 23.2 Å². The molecule has 0 bridgehead atoms. The maximum Gasteiger partial charge on any atom is 0.225 e. The van der Waals surface area contributed by atoms with Crippen molar-refractivity contribution < 1.29 is 4.79 Å². The average Bonchev–Trinajstić information content (AvgIpc) is 2.38. The van der Waals surface area contributed by atoms with E-state index in [9.17, 15) is 4.79 Å². The Morgan fingerprint density at radius 3 is 2.65 bits per heavy atom. The zero-order valence-corrected chi connectivity index (χ0v) is 13.2. The Hall–Kier alpha value is -1.26. The fraction of sp³-hybridized carbons (Fsp3) is 0.533. The molecule has 1 amide bonds. The summed E-state index contributed by atoms with van der Waals surface area (Å²) in [5, 5.41) is 3.34. The van der Waals surface area contributed by atoms with Gasteiger partial charge in [-0.05, 0) is 45.0 Å². The van der Waals surface area contributed by atoms with Crippen LogP contribution in [0.5, 0.6) is 0 Å². The van der Waals surface area contributed by atoms with Gasteiger partial charge in [-0.2, -0.15) is 0 Å². The minimum atomic E-state index is -0.00604. The van der Waals surface area contributed by atoms with Crippen LogP contribution in [-0.2, 0) is 4.79 Å². The summed E-state index contributed by atoms with van der Waals surface area (Å²) in [6.07, 6.45) is 1.56. The van der Waals surface area contributed by atoms with E-state index in [0.29, 0.717) is 28.9 Å². The van der Waals surface area contributed by atoms with Crippen LogP contribution in [0.15, 0.2) is 18.2 Å². The lowest BCUT2D eigenvalue weighted by Crippen LogP contribution is -2.34. The maximum atomic E-state index is 11.9. The number of nitrogens with two attached hydrogens (primary N) is 1. The predicted molar refractivity (Wildman–Crippen MR) is 86.1 cm³/mol. The van der Waals surface area contributed by atoms with Gasteiger partial charge in [0.1, 0.15) is 0 Å². The number of carbonyl (C=O) groups excluding carboxylic acids is 1. The molecule has 112 valence electrons. The van der Waals surface area contributed by atoms with E-state index in [4.69, 9.17) is 17.3 Å². The molecule has 5 heteroatoms. The van der Waals surface area contributed by atoms with E-state index in [0.717, 1.165) is 19.5 Å². The van der Waals surface area contributed by atoms with E-state index < -0.39 is 0 Å². The fourth-order valence-electron chi connectivity index (χ4n) is 2.01. The molecule has 0 aromatic heterocycles. The topological polar surface area (TPSA) is 58.4 Å². The largest absolute Gasteiger partial charge is 0.397 e. The number of nitrogens with one attached hydrogen (secondary N) is 1. The lowest BCUT2D eigenvalue weighted by molar-refractivity contribution is -0.116. The summed E-state index contributed by atoms with van der Waals surface area (Å²) in [6.45, 7) is 8.21. The third-order valence-electron chi connectivity index (χ3n) is 3.15. The second-order valence-electron chi connectivity index (χ2n) is 5.16. The zero-order valence-electron chi connectivity index (χ0n) is 12.4. The second kappa shape index (κ2) is 8.12. The second-order valence-corrected chi connectivity index (χ2v) is 5.57. The zero-order chi connectivity index (χ0) is 15.1. The van der Waals surface area contributed by atoms with Crippen molar-refractivity contribution in [2.75, 3.05) is 24.1 Å². The summed E-state index contributed by atoms with van der Waals surface area (Å²) in [5.74, 6) is -0.00604. The van der Waals surface area contributed by atoms with Crippen LogP contribution in [0.4, 0.5) is 11.4 Å². The lowest BCUT2D eigenvalue weighted by atomic mass is 10.2. The van der Waals surface area contributed by atoms with Gasteiger partial charge in [0.2, 0.25) is 5.91 Å². The van der Waals surface area contributed by atoms with Crippen LogP contribution in [0, 0.1) is 0 Å². The van der Waals surface area contributed by atoms with Gasteiger partial charge in [-0.15, -0.1) is 0 Å². The molecule has 0 radical (unpaired) electrons. The standard InChI is InChI=1S/C15H24ClN3O/c1-4-8-19(11(2)3)9-7-15(20)18-12-5-6-13(16)14(17)10-12/h5-6,10-11H,4,7-9,17H2,1-3H3,(H,18,20). The lowest BCUT2D eigenvalue weighted by Gasteiger charge is -2.25. The molecule has 1 rings (SSSR count). The van der Waals surface area contributed by atoms with Crippen LogP contribution in [0.25, 0.3) is 0 Å². The SMILES string of the molecule is CCCN(CCC(=O)Nc1ccc(Cl)c(N)c1)C(C)C. The molecule has 0 spiro atoms. The highest BCUT2D eigenvalue weighted by Gasteiger charge is 2.11. The van der Waals surface area contributed by atoms with Crippen LogP contribution in [0.3, 0.4) is 0 Å². The number of benzene rings is 1. The Balaban J connectivity index is 2.48. The number of anilines is 2. The normalized spacial score (nSPS) is 11.1.